The second kappa shape index (κ2) is 3.62. The highest BCUT2D eigenvalue weighted by molar-refractivity contribution is 5.64. The van der Waals surface area contributed by atoms with E-state index in [1.165, 1.54) is 24.8 Å². The van der Waals surface area contributed by atoms with Crippen molar-refractivity contribution in [3.8, 4) is 0 Å². The highest BCUT2D eigenvalue weighted by Gasteiger charge is 2.49. The maximum absolute atomic E-state index is 4.44. The van der Waals surface area contributed by atoms with Crippen molar-refractivity contribution in [2.45, 2.75) is 45.6 Å². The molecule has 0 N–H and O–H groups in total. The Bertz CT molecular complexity index is 564. The van der Waals surface area contributed by atoms with E-state index in [1.54, 1.807) is 16.8 Å². The quantitative estimate of drug-likeness (QED) is 0.644. The van der Waals surface area contributed by atoms with Crippen LogP contribution in [0.15, 0.2) is 39.7 Å². The van der Waals surface area contributed by atoms with Crippen molar-refractivity contribution in [2.24, 2.45) is 16.3 Å². The molecule has 0 saturated carbocycles. The Balaban J connectivity index is 2.02. The van der Waals surface area contributed by atoms with Crippen molar-refractivity contribution in [3.63, 3.8) is 0 Å². The van der Waals surface area contributed by atoms with Crippen molar-refractivity contribution in [1.82, 2.24) is 4.90 Å². The SMILES string of the molecule is CC1C2CC3=C(CCC4=C3C=CN=CCC41C)N2C. The number of likely N-dealkylation sites (tertiary alicyclic amines) is 1. The predicted octanol–water partition coefficient (Wildman–Crippen LogP) is 3.68. The predicted molar refractivity (Wildman–Crippen MR) is 79.0 cm³/mol. The smallest absolute Gasteiger partial charge is 0.0358 e. The van der Waals surface area contributed by atoms with Gasteiger partial charge >= 0.3 is 0 Å². The molecule has 4 rings (SSSR count). The molecule has 0 radical (unpaired) electrons. The second-order valence-electron chi connectivity index (χ2n) is 6.76. The van der Waals surface area contributed by atoms with E-state index in [0.717, 1.165) is 6.42 Å². The van der Waals surface area contributed by atoms with E-state index in [9.17, 15) is 0 Å². The third kappa shape index (κ3) is 1.30. The summed E-state index contributed by atoms with van der Waals surface area (Å²) in [6, 6.07) is 0.683. The first-order valence-corrected chi connectivity index (χ1v) is 7.50. The van der Waals surface area contributed by atoms with Crippen molar-refractivity contribution in [3.05, 3.63) is 34.7 Å². The molecule has 4 aliphatic rings. The molecule has 0 aromatic heterocycles. The van der Waals surface area contributed by atoms with Gasteiger partial charge in [-0.05, 0) is 54.2 Å². The molecule has 0 spiro atoms. The molecule has 2 aliphatic carbocycles. The zero-order chi connectivity index (χ0) is 13.2. The molecule has 0 aromatic carbocycles. The lowest BCUT2D eigenvalue weighted by Gasteiger charge is -2.46. The molecule has 3 atom stereocenters. The van der Waals surface area contributed by atoms with Crippen LogP contribution in [0.1, 0.15) is 39.5 Å². The zero-order valence-corrected chi connectivity index (χ0v) is 12.1. The Morgan fingerprint density at radius 3 is 3.05 bits per heavy atom. The fourth-order valence-corrected chi connectivity index (χ4v) is 4.77. The van der Waals surface area contributed by atoms with Gasteiger partial charge in [0.2, 0.25) is 0 Å². The van der Waals surface area contributed by atoms with Crippen LogP contribution >= 0.6 is 0 Å². The molecule has 0 saturated heterocycles. The fourth-order valence-electron chi connectivity index (χ4n) is 4.77. The van der Waals surface area contributed by atoms with Gasteiger partial charge in [0.05, 0.1) is 0 Å². The number of rotatable bonds is 0. The summed E-state index contributed by atoms with van der Waals surface area (Å²) in [5.74, 6) is 0.691. The maximum atomic E-state index is 4.44. The normalized spacial score (nSPS) is 39.8. The highest BCUT2D eigenvalue weighted by atomic mass is 15.2. The number of hydrogen-bond acceptors (Lipinski definition) is 2. The summed E-state index contributed by atoms with van der Waals surface area (Å²) < 4.78 is 0. The monoisotopic (exact) mass is 254 g/mol. The number of aliphatic imine (C=N–C) groups is 1. The van der Waals surface area contributed by atoms with Crippen LogP contribution in [0.4, 0.5) is 0 Å². The van der Waals surface area contributed by atoms with Crippen LogP contribution in [0.2, 0.25) is 0 Å². The van der Waals surface area contributed by atoms with E-state index >= 15 is 0 Å². The number of hydrogen-bond donors (Lipinski definition) is 0. The summed E-state index contributed by atoms with van der Waals surface area (Å²) in [6.45, 7) is 4.92. The van der Waals surface area contributed by atoms with Crippen molar-refractivity contribution >= 4 is 6.21 Å². The molecule has 5 bridgehead atoms. The van der Waals surface area contributed by atoms with Gasteiger partial charge in [0.25, 0.3) is 0 Å². The van der Waals surface area contributed by atoms with E-state index in [0.29, 0.717) is 12.0 Å². The topological polar surface area (TPSA) is 15.6 Å². The maximum Gasteiger partial charge on any atom is 0.0358 e. The first-order valence-electron chi connectivity index (χ1n) is 7.50. The summed E-state index contributed by atoms with van der Waals surface area (Å²) in [6.07, 6.45) is 11.2. The summed E-state index contributed by atoms with van der Waals surface area (Å²) in [7, 11) is 2.31. The lowest BCUT2D eigenvalue weighted by Crippen LogP contribution is -2.43. The van der Waals surface area contributed by atoms with Gasteiger partial charge in [-0.2, -0.15) is 0 Å². The van der Waals surface area contributed by atoms with Gasteiger partial charge in [0.15, 0.2) is 0 Å². The van der Waals surface area contributed by atoms with Gasteiger partial charge in [-0.15, -0.1) is 0 Å². The third-order valence-electron chi connectivity index (χ3n) is 6.17. The third-order valence-corrected chi connectivity index (χ3v) is 6.17. The molecule has 0 aromatic rings. The first kappa shape index (κ1) is 11.5. The van der Waals surface area contributed by atoms with E-state index in [1.807, 2.05) is 6.20 Å². The lowest BCUT2D eigenvalue weighted by atomic mass is 9.64. The van der Waals surface area contributed by atoms with Gasteiger partial charge in [0.1, 0.15) is 0 Å². The summed E-state index contributed by atoms with van der Waals surface area (Å²) >= 11 is 0. The van der Waals surface area contributed by atoms with Gasteiger partial charge in [-0.25, -0.2) is 0 Å². The van der Waals surface area contributed by atoms with Crippen LogP contribution in [0.3, 0.4) is 0 Å². The van der Waals surface area contributed by atoms with Crippen LogP contribution in [0.5, 0.6) is 0 Å². The van der Waals surface area contributed by atoms with Crippen molar-refractivity contribution < 1.29 is 0 Å². The standard InChI is InChI=1S/C17H22N2/c1-11-16-10-13-12-6-8-18-9-7-17(11,2)14(12)4-5-15(13)19(16)3/h6,8-9,11,16H,4-5,7,10H2,1-3H3. The molecule has 2 aliphatic heterocycles. The van der Waals surface area contributed by atoms with Crippen molar-refractivity contribution in [2.75, 3.05) is 7.05 Å². The molecule has 0 fully saturated rings. The van der Waals surface area contributed by atoms with Crippen LogP contribution in [0.25, 0.3) is 0 Å². The summed E-state index contributed by atoms with van der Waals surface area (Å²) in [5, 5.41) is 0. The Morgan fingerprint density at radius 1 is 1.37 bits per heavy atom. The van der Waals surface area contributed by atoms with E-state index in [2.05, 4.69) is 43.1 Å². The minimum Gasteiger partial charge on any atom is -0.374 e. The Labute approximate surface area is 115 Å². The number of nitrogens with zero attached hydrogens (tertiary/aromatic N) is 2. The molecule has 3 unspecified atom stereocenters. The Morgan fingerprint density at radius 2 is 2.21 bits per heavy atom. The number of allylic oxidation sites excluding steroid dienone is 4. The average molecular weight is 254 g/mol. The minimum atomic E-state index is 0.288. The molecule has 2 nitrogen and oxygen atoms in total. The second-order valence-corrected chi connectivity index (χ2v) is 6.76. The lowest BCUT2D eigenvalue weighted by molar-refractivity contribution is 0.134. The van der Waals surface area contributed by atoms with Crippen LogP contribution in [-0.4, -0.2) is 24.2 Å². The highest BCUT2D eigenvalue weighted by Crippen LogP contribution is 2.57. The van der Waals surface area contributed by atoms with E-state index in [-0.39, 0.29) is 5.41 Å². The Kier molecular flexibility index (Phi) is 2.19. The van der Waals surface area contributed by atoms with Gasteiger partial charge in [-0.3, -0.25) is 4.99 Å². The summed E-state index contributed by atoms with van der Waals surface area (Å²) in [4.78, 5) is 7.03. The number of fused-ring (bicyclic) bond motifs is 1. The molecule has 2 heterocycles. The fraction of sp³-hybridized carbons (Fsp3) is 0.588. The molecule has 19 heavy (non-hydrogen) atoms. The average Bonchev–Trinajstić information content (AvgIpc) is 2.69. The van der Waals surface area contributed by atoms with Gasteiger partial charge in [0, 0.05) is 31.2 Å². The van der Waals surface area contributed by atoms with Gasteiger partial charge in [-0.1, -0.05) is 19.4 Å². The molecular weight excluding hydrogens is 232 g/mol. The zero-order valence-electron chi connectivity index (χ0n) is 12.1. The van der Waals surface area contributed by atoms with Crippen LogP contribution in [0, 0.1) is 11.3 Å². The molecule has 2 heteroatoms. The van der Waals surface area contributed by atoms with Crippen molar-refractivity contribution in [1.29, 1.82) is 0 Å². The van der Waals surface area contributed by atoms with Gasteiger partial charge < -0.3 is 4.90 Å². The Hall–Kier alpha value is -1.31. The molecule has 100 valence electrons. The van der Waals surface area contributed by atoms with E-state index < -0.39 is 0 Å². The first-order chi connectivity index (χ1) is 9.13. The van der Waals surface area contributed by atoms with Crippen LogP contribution in [-0.2, 0) is 0 Å². The largest absolute Gasteiger partial charge is 0.374 e. The summed E-state index contributed by atoms with van der Waals surface area (Å²) in [5.41, 5.74) is 6.75. The molecular formula is C17H22N2. The minimum absolute atomic E-state index is 0.288. The van der Waals surface area contributed by atoms with Crippen LogP contribution < -0.4 is 0 Å². The van der Waals surface area contributed by atoms with E-state index in [4.69, 9.17) is 0 Å². The molecule has 0 amide bonds.